The van der Waals surface area contributed by atoms with Crippen molar-refractivity contribution in [2.45, 2.75) is 25.3 Å². The second-order valence-electron chi connectivity index (χ2n) is 8.40. The predicted octanol–water partition coefficient (Wildman–Crippen LogP) is 2.08. The highest BCUT2D eigenvalue weighted by Crippen LogP contribution is 2.35. The molecule has 2 aliphatic rings. The van der Waals surface area contributed by atoms with Gasteiger partial charge in [-0.25, -0.2) is 4.98 Å². The van der Waals surface area contributed by atoms with Gasteiger partial charge in [0, 0.05) is 43.6 Å². The Morgan fingerprint density at radius 2 is 1.88 bits per heavy atom. The van der Waals surface area contributed by atoms with E-state index in [0.29, 0.717) is 31.0 Å². The van der Waals surface area contributed by atoms with Gasteiger partial charge in [0.1, 0.15) is 11.4 Å². The third-order valence-corrected chi connectivity index (χ3v) is 6.16. The largest absolute Gasteiger partial charge is 0.336 e. The number of hydrogen-bond donors (Lipinski definition) is 1. The molecule has 2 aliphatic heterocycles. The molecule has 0 spiro atoms. The first kappa shape index (κ1) is 20.1. The van der Waals surface area contributed by atoms with Crippen molar-refractivity contribution >= 4 is 17.5 Å². The number of anilines is 1. The Bertz CT molecular complexity index is 1210. The molecule has 0 unspecified atom stereocenters. The van der Waals surface area contributed by atoms with E-state index in [2.05, 4.69) is 15.3 Å². The molecule has 1 aromatic carbocycles. The lowest BCUT2D eigenvalue weighted by Gasteiger charge is -2.42. The van der Waals surface area contributed by atoms with Crippen LogP contribution < -0.4 is 10.9 Å². The van der Waals surface area contributed by atoms with Crippen LogP contribution in [-0.2, 0) is 17.8 Å². The third-order valence-electron chi connectivity index (χ3n) is 6.16. The van der Waals surface area contributed by atoms with Crippen LogP contribution in [0.3, 0.4) is 0 Å². The summed E-state index contributed by atoms with van der Waals surface area (Å²) in [6.07, 6.45) is 5.69. The van der Waals surface area contributed by atoms with Gasteiger partial charge in [0.05, 0.1) is 12.6 Å². The van der Waals surface area contributed by atoms with Crippen LogP contribution in [0, 0.1) is 5.92 Å². The van der Waals surface area contributed by atoms with Gasteiger partial charge < -0.3 is 14.8 Å². The smallest absolute Gasteiger partial charge is 0.274 e. The Kier molecular flexibility index (Phi) is 5.26. The van der Waals surface area contributed by atoms with E-state index in [0.717, 1.165) is 17.7 Å². The van der Waals surface area contributed by atoms with Crippen molar-refractivity contribution in [1.82, 2.24) is 19.4 Å². The van der Waals surface area contributed by atoms with Crippen molar-refractivity contribution in [1.29, 1.82) is 0 Å². The molecule has 2 bridgehead atoms. The molecule has 1 saturated heterocycles. The second kappa shape index (κ2) is 8.37. The zero-order valence-electron chi connectivity index (χ0n) is 17.5. The molecule has 32 heavy (non-hydrogen) atoms. The quantitative estimate of drug-likeness (QED) is 0.685. The molecule has 1 fully saturated rings. The molecular weight excluding hydrogens is 406 g/mol. The van der Waals surface area contributed by atoms with Crippen molar-refractivity contribution in [3.63, 3.8) is 0 Å². The normalized spacial score (nSPS) is 19.2. The minimum Gasteiger partial charge on any atom is -0.336 e. The topological polar surface area (TPSA) is 97.2 Å². The highest BCUT2D eigenvalue weighted by atomic mass is 16.2. The van der Waals surface area contributed by atoms with Crippen molar-refractivity contribution in [2.24, 2.45) is 5.92 Å². The molecule has 8 nitrogen and oxygen atoms in total. The lowest BCUT2D eigenvalue weighted by atomic mass is 9.83. The standard InChI is InChI=1S/C24H23N5O3/c30-22(11-16-4-2-1-3-5-16)27-19-6-7-21-18-10-17(14-29(21)24(19)32)13-28(15-18)23(31)20-12-25-8-9-26-20/h1-9,12,17-18H,10-11,13-15H2,(H,27,30)/t17-,18+/m0/s1. The van der Waals surface area contributed by atoms with Gasteiger partial charge in [0.15, 0.2) is 0 Å². The molecule has 162 valence electrons. The number of fused-ring (bicyclic) bond motifs is 4. The number of benzene rings is 1. The van der Waals surface area contributed by atoms with Crippen molar-refractivity contribution < 1.29 is 9.59 Å². The number of nitrogens with one attached hydrogen (secondary N) is 1. The van der Waals surface area contributed by atoms with Crippen LogP contribution >= 0.6 is 0 Å². The molecule has 0 radical (unpaired) electrons. The van der Waals surface area contributed by atoms with Gasteiger partial charge in [0.2, 0.25) is 5.91 Å². The first-order chi connectivity index (χ1) is 15.6. The summed E-state index contributed by atoms with van der Waals surface area (Å²) in [5.41, 5.74) is 2.24. The molecule has 2 atom stereocenters. The van der Waals surface area contributed by atoms with Gasteiger partial charge in [-0.1, -0.05) is 30.3 Å². The van der Waals surface area contributed by atoms with E-state index in [4.69, 9.17) is 0 Å². The third kappa shape index (κ3) is 3.91. The van der Waals surface area contributed by atoms with E-state index in [-0.39, 0.29) is 35.6 Å². The lowest BCUT2D eigenvalue weighted by Crippen LogP contribution is -2.49. The summed E-state index contributed by atoms with van der Waals surface area (Å²) in [4.78, 5) is 48.3. The minimum absolute atomic E-state index is 0.0740. The molecule has 1 N–H and O–H groups in total. The first-order valence-electron chi connectivity index (χ1n) is 10.7. The summed E-state index contributed by atoms with van der Waals surface area (Å²) in [7, 11) is 0. The van der Waals surface area contributed by atoms with Gasteiger partial charge in [-0.15, -0.1) is 0 Å². The average Bonchev–Trinajstić information content (AvgIpc) is 2.82. The average molecular weight is 429 g/mol. The number of amides is 2. The molecule has 8 heteroatoms. The van der Waals surface area contributed by atoms with E-state index in [1.54, 1.807) is 16.8 Å². The molecule has 5 rings (SSSR count). The van der Waals surface area contributed by atoms with Crippen LogP contribution in [0.2, 0.25) is 0 Å². The van der Waals surface area contributed by atoms with Crippen LogP contribution in [0.5, 0.6) is 0 Å². The number of carbonyl (C=O) groups is 2. The SMILES string of the molecule is O=C(Cc1ccccc1)Nc1ccc2n(c1=O)C[C@H]1C[C@@H]2CN(C(=O)c2cnccn2)C1. The van der Waals surface area contributed by atoms with Gasteiger partial charge in [-0.2, -0.15) is 0 Å². The van der Waals surface area contributed by atoms with Crippen LogP contribution in [0.15, 0.2) is 65.8 Å². The number of nitrogens with zero attached hydrogens (tertiary/aromatic N) is 4. The van der Waals surface area contributed by atoms with Crippen molar-refractivity contribution in [3.05, 3.63) is 88.4 Å². The molecule has 4 heterocycles. The summed E-state index contributed by atoms with van der Waals surface area (Å²) in [5, 5.41) is 2.77. The highest BCUT2D eigenvalue weighted by molar-refractivity contribution is 5.92. The number of aromatic nitrogens is 3. The van der Waals surface area contributed by atoms with E-state index in [1.165, 1.54) is 12.4 Å². The molecular formula is C24H23N5O3. The highest BCUT2D eigenvalue weighted by Gasteiger charge is 2.37. The fourth-order valence-corrected chi connectivity index (χ4v) is 4.75. The Labute approximate surface area is 184 Å². The number of rotatable bonds is 4. The Balaban J connectivity index is 1.34. The molecule has 0 saturated carbocycles. The fourth-order valence-electron chi connectivity index (χ4n) is 4.75. The van der Waals surface area contributed by atoms with Crippen LogP contribution in [-0.4, -0.2) is 44.3 Å². The monoisotopic (exact) mass is 429 g/mol. The first-order valence-corrected chi connectivity index (χ1v) is 10.7. The number of carbonyl (C=O) groups excluding carboxylic acids is 2. The van der Waals surface area contributed by atoms with Crippen LogP contribution in [0.1, 0.15) is 34.1 Å². The van der Waals surface area contributed by atoms with Gasteiger partial charge in [-0.05, 0) is 30.0 Å². The predicted molar refractivity (Wildman–Crippen MR) is 118 cm³/mol. The summed E-state index contributed by atoms with van der Waals surface area (Å²) in [6.45, 7) is 1.63. The molecule has 2 amide bonds. The summed E-state index contributed by atoms with van der Waals surface area (Å²) in [6, 6.07) is 13.0. The Morgan fingerprint density at radius 3 is 2.66 bits per heavy atom. The zero-order valence-corrected chi connectivity index (χ0v) is 17.5. The summed E-state index contributed by atoms with van der Waals surface area (Å²) >= 11 is 0. The van der Waals surface area contributed by atoms with Crippen molar-refractivity contribution in [2.75, 3.05) is 18.4 Å². The number of likely N-dealkylation sites (tertiary alicyclic amines) is 1. The maximum Gasteiger partial charge on any atom is 0.274 e. The zero-order chi connectivity index (χ0) is 22.1. The Morgan fingerprint density at radius 1 is 1.03 bits per heavy atom. The number of hydrogen-bond acceptors (Lipinski definition) is 5. The minimum atomic E-state index is -0.217. The van der Waals surface area contributed by atoms with E-state index < -0.39 is 0 Å². The number of piperidine rings is 1. The summed E-state index contributed by atoms with van der Waals surface area (Å²) in [5.74, 6) is -0.0984. The lowest BCUT2D eigenvalue weighted by molar-refractivity contribution is -0.115. The maximum atomic E-state index is 13.1. The maximum absolute atomic E-state index is 13.1. The van der Waals surface area contributed by atoms with E-state index in [9.17, 15) is 14.4 Å². The van der Waals surface area contributed by atoms with Crippen LogP contribution in [0.25, 0.3) is 0 Å². The molecule has 3 aromatic rings. The van der Waals surface area contributed by atoms with E-state index in [1.807, 2.05) is 41.3 Å². The van der Waals surface area contributed by atoms with Gasteiger partial charge >= 0.3 is 0 Å². The fraction of sp³-hybridized carbons (Fsp3) is 0.292. The second-order valence-corrected chi connectivity index (χ2v) is 8.40. The van der Waals surface area contributed by atoms with Crippen molar-refractivity contribution in [3.8, 4) is 0 Å². The van der Waals surface area contributed by atoms with Crippen LogP contribution in [0.4, 0.5) is 5.69 Å². The Hall–Kier alpha value is -3.81. The van der Waals surface area contributed by atoms with Gasteiger partial charge in [0.25, 0.3) is 11.5 Å². The number of pyridine rings is 1. The summed E-state index contributed by atoms with van der Waals surface area (Å²) < 4.78 is 1.76. The molecule has 2 aromatic heterocycles. The van der Waals surface area contributed by atoms with Gasteiger partial charge in [-0.3, -0.25) is 19.4 Å². The van der Waals surface area contributed by atoms with E-state index >= 15 is 0 Å². The molecule has 0 aliphatic carbocycles.